The summed E-state index contributed by atoms with van der Waals surface area (Å²) in [6.07, 6.45) is 4.16. The van der Waals surface area contributed by atoms with Gasteiger partial charge in [-0.3, -0.25) is 0 Å². The molecule has 1 aromatic heterocycles. The number of aromatic carboxylic acids is 1. The highest BCUT2D eigenvalue weighted by molar-refractivity contribution is 5.95. The lowest BCUT2D eigenvalue weighted by Gasteiger charge is -2.10. The minimum Gasteiger partial charge on any atom is -0.478 e. The van der Waals surface area contributed by atoms with Gasteiger partial charge in [0.25, 0.3) is 0 Å². The lowest BCUT2D eigenvalue weighted by molar-refractivity contribution is -0.0232. The van der Waals surface area contributed by atoms with Crippen LogP contribution in [0, 0.1) is 0 Å². The van der Waals surface area contributed by atoms with Crippen molar-refractivity contribution in [1.82, 2.24) is 14.8 Å². The predicted molar refractivity (Wildman–Crippen MR) is 115 cm³/mol. The van der Waals surface area contributed by atoms with Crippen LogP contribution in [-0.4, -0.2) is 25.8 Å². The Bertz CT molecular complexity index is 1070. The maximum atomic E-state index is 14.4. The largest absolute Gasteiger partial charge is 0.478 e. The highest BCUT2D eigenvalue weighted by Crippen LogP contribution is 2.31. The molecule has 0 saturated carbocycles. The van der Waals surface area contributed by atoms with Crippen LogP contribution >= 0.6 is 0 Å². The van der Waals surface area contributed by atoms with Crippen LogP contribution in [-0.2, 0) is 18.9 Å². The third-order valence-electron chi connectivity index (χ3n) is 4.93. The molecule has 0 atom stereocenters. The molecule has 2 aromatic carbocycles. The molecule has 0 saturated heterocycles. The highest BCUT2D eigenvalue weighted by atomic mass is 19.3. The molecule has 0 aliphatic heterocycles. The number of rotatable bonds is 9. The molecule has 0 spiro atoms. The van der Waals surface area contributed by atoms with Gasteiger partial charge in [0.2, 0.25) is 5.82 Å². The van der Waals surface area contributed by atoms with Crippen LogP contribution in [0.1, 0.15) is 54.3 Å². The number of carboxylic acid groups (broad SMARTS) is 1. The first kappa shape index (κ1) is 22.3. The minimum absolute atomic E-state index is 0.225. The van der Waals surface area contributed by atoms with Gasteiger partial charge in [-0.15, -0.1) is 5.10 Å². The Balaban J connectivity index is 1.89. The number of hydrogen-bond acceptors (Lipinski definition) is 3. The van der Waals surface area contributed by atoms with Gasteiger partial charge in [-0.25, -0.2) is 14.5 Å². The number of benzene rings is 2. The zero-order valence-corrected chi connectivity index (χ0v) is 17.6. The molecule has 3 rings (SSSR count). The van der Waals surface area contributed by atoms with E-state index in [1.807, 2.05) is 43.3 Å². The highest BCUT2D eigenvalue weighted by Gasteiger charge is 2.36. The summed E-state index contributed by atoms with van der Waals surface area (Å²) in [5.74, 6) is -4.02. The van der Waals surface area contributed by atoms with Gasteiger partial charge in [-0.2, -0.15) is 8.78 Å². The van der Waals surface area contributed by atoms with E-state index in [4.69, 9.17) is 0 Å². The molecule has 31 heavy (non-hydrogen) atoms. The van der Waals surface area contributed by atoms with Crippen molar-refractivity contribution in [2.45, 2.75) is 45.6 Å². The van der Waals surface area contributed by atoms with Gasteiger partial charge in [-0.05, 0) is 36.1 Å². The molecule has 0 aliphatic rings. The molecule has 0 radical (unpaired) electrons. The van der Waals surface area contributed by atoms with Crippen LogP contribution in [0.3, 0.4) is 0 Å². The van der Waals surface area contributed by atoms with Crippen molar-refractivity contribution in [2.24, 2.45) is 0 Å². The molecule has 0 amide bonds. The number of hydrogen-bond donors (Lipinski definition) is 1. The Morgan fingerprint density at radius 3 is 2.52 bits per heavy atom. The molecule has 1 heterocycles. The Labute approximate surface area is 180 Å². The Hall–Kier alpha value is -3.35. The quantitative estimate of drug-likeness (QED) is 0.447. The van der Waals surface area contributed by atoms with E-state index in [0.29, 0.717) is 30.8 Å². The normalized spacial score (nSPS) is 11.9. The van der Waals surface area contributed by atoms with E-state index < -0.39 is 17.7 Å². The number of alkyl halides is 2. The fourth-order valence-electron chi connectivity index (χ4n) is 3.34. The molecule has 5 nitrogen and oxygen atoms in total. The Morgan fingerprint density at radius 2 is 1.87 bits per heavy atom. The second kappa shape index (κ2) is 9.64. The summed E-state index contributed by atoms with van der Waals surface area (Å²) in [6, 6.07) is 14.1. The summed E-state index contributed by atoms with van der Waals surface area (Å²) in [5, 5.41) is 13.5. The van der Waals surface area contributed by atoms with Crippen molar-refractivity contribution in [3.63, 3.8) is 0 Å². The van der Waals surface area contributed by atoms with E-state index in [-0.39, 0.29) is 12.0 Å². The summed E-state index contributed by atoms with van der Waals surface area (Å²) in [7, 11) is 0. The summed E-state index contributed by atoms with van der Waals surface area (Å²) in [4.78, 5) is 15.6. The fraction of sp³-hybridized carbons (Fsp3) is 0.292. The fourth-order valence-corrected chi connectivity index (χ4v) is 3.34. The van der Waals surface area contributed by atoms with Crippen LogP contribution < -0.4 is 0 Å². The molecule has 162 valence electrons. The van der Waals surface area contributed by atoms with E-state index >= 15 is 0 Å². The lowest BCUT2D eigenvalue weighted by atomic mass is 9.99. The average molecular weight is 425 g/mol. The molecule has 3 aromatic rings. The molecule has 0 unspecified atom stereocenters. The standard InChI is InChI=1S/C24H25F2N3O2/c1-3-5-10-21-27-23(24(25,26)15-4-2)28-29(21)16-17-11-13-18(14-12-17)19-8-6-7-9-20(19)22(30)31/h3,5-9,11-14H,4,10,15-16H2,1-2H3,(H,30,31)/b5-3+. The summed E-state index contributed by atoms with van der Waals surface area (Å²) >= 11 is 0. The molecule has 0 aliphatic carbocycles. The van der Waals surface area contributed by atoms with Crippen molar-refractivity contribution in [3.8, 4) is 11.1 Å². The number of allylic oxidation sites excluding steroid dienone is 2. The second-order valence-electron chi connectivity index (χ2n) is 7.28. The third kappa shape index (κ3) is 5.23. The SMILES string of the molecule is C/C=C/Cc1nc(C(F)(F)CCC)nn1Cc1ccc(-c2ccccc2C(=O)O)cc1. The number of carbonyl (C=O) groups is 1. The van der Waals surface area contributed by atoms with Crippen molar-refractivity contribution < 1.29 is 18.7 Å². The predicted octanol–water partition coefficient (Wildman–Crippen LogP) is 5.70. The van der Waals surface area contributed by atoms with Gasteiger partial charge >= 0.3 is 11.9 Å². The van der Waals surface area contributed by atoms with Gasteiger partial charge < -0.3 is 5.11 Å². The van der Waals surface area contributed by atoms with E-state index in [1.54, 1.807) is 31.2 Å². The summed E-state index contributed by atoms with van der Waals surface area (Å²) < 4.78 is 30.2. The van der Waals surface area contributed by atoms with Crippen molar-refractivity contribution in [2.75, 3.05) is 0 Å². The van der Waals surface area contributed by atoms with Gasteiger partial charge in [0.1, 0.15) is 5.82 Å². The van der Waals surface area contributed by atoms with Crippen LogP contribution in [0.25, 0.3) is 11.1 Å². The number of halogens is 2. The van der Waals surface area contributed by atoms with Crippen LogP contribution in [0.4, 0.5) is 8.78 Å². The minimum atomic E-state index is -3.06. The van der Waals surface area contributed by atoms with Crippen LogP contribution in [0.2, 0.25) is 0 Å². The smallest absolute Gasteiger partial charge is 0.336 e. The summed E-state index contributed by atoms with van der Waals surface area (Å²) in [6.45, 7) is 3.86. The first-order valence-electron chi connectivity index (χ1n) is 10.2. The van der Waals surface area contributed by atoms with Gasteiger partial charge in [0, 0.05) is 12.8 Å². The van der Waals surface area contributed by atoms with E-state index in [9.17, 15) is 18.7 Å². The zero-order valence-electron chi connectivity index (χ0n) is 17.6. The lowest BCUT2D eigenvalue weighted by Crippen LogP contribution is -2.15. The van der Waals surface area contributed by atoms with Crippen molar-refractivity contribution in [3.05, 3.63) is 83.5 Å². The number of aromatic nitrogens is 3. The van der Waals surface area contributed by atoms with E-state index in [1.165, 1.54) is 4.68 Å². The number of carboxylic acids is 1. The molecular weight excluding hydrogens is 400 g/mol. The Morgan fingerprint density at radius 1 is 1.16 bits per heavy atom. The van der Waals surface area contributed by atoms with Gasteiger partial charge in [-0.1, -0.05) is 61.5 Å². The van der Waals surface area contributed by atoms with Gasteiger partial charge in [0.05, 0.1) is 12.1 Å². The summed E-state index contributed by atoms with van der Waals surface area (Å²) in [5.41, 5.74) is 2.47. The monoisotopic (exact) mass is 425 g/mol. The third-order valence-corrected chi connectivity index (χ3v) is 4.93. The van der Waals surface area contributed by atoms with Gasteiger partial charge in [0.15, 0.2) is 0 Å². The molecule has 0 fully saturated rings. The first-order chi connectivity index (χ1) is 14.9. The maximum absolute atomic E-state index is 14.4. The maximum Gasteiger partial charge on any atom is 0.336 e. The van der Waals surface area contributed by atoms with Crippen LogP contribution in [0.5, 0.6) is 0 Å². The van der Waals surface area contributed by atoms with Crippen LogP contribution in [0.15, 0.2) is 60.7 Å². The average Bonchev–Trinajstić information content (AvgIpc) is 3.16. The second-order valence-corrected chi connectivity index (χ2v) is 7.28. The molecule has 0 bridgehead atoms. The molecular formula is C24H25F2N3O2. The van der Waals surface area contributed by atoms with Crippen molar-refractivity contribution >= 4 is 5.97 Å². The van der Waals surface area contributed by atoms with Crippen molar-refractivity contribution in [1.29, 1.82) is 0 Å². The topological polar surface area (TPSA) is 68.0 Å². The van der Waals surface area contributed by atoms with E-state index in [2.05, 4.69) is 10.1 Å². The molecule has 7 heteroatoms. The van der Waals surface area contributed by atoms with E-state index in [0.717, 1.165) is 11.1 Å². The molecule has 1 N–H and O–H groups in total. The number of nitrogens with zero attached hydrogens (tertiary/aromatic N) is 3. The Kier molecular flexibility index (Phi) is 6.95. The zero-order chi connectivity index (χ0) is 22.4. The first-order valence-corrected chi connectivity index (χ1v) is 10.2.